The van der Waals surface area contributed by atoms with Crippen LogP contribution in [0.2, 0.25) is 0 Å². The molecule has 1 fully saturated rings. The molecule has 0 aliphatic carbocycles. The van der Waals surface area contributed by atoms with Crippen LogP contribution in [0.15, 0.2) is 24.3 Å². The Balaban J connectivity index is 1.88. The predicted octanol–water partition coefficient (Wildman–Crippen LogP) is 2.94. The van der Waals surface area contributed by atoms with Gasteiger partial charge in [0.05, 0.1) is 5.92 Å². The van der Waals surface area contributed by atoms with Gasteiger partial charge in [-0.15, -0.1) is 0 Å². The number of rotatable bonds is 5. The third-order valence-electron chi connectivity index (χ3n) is 3.87. The molecule has 0 spiro atoms. The highest BCUT2D eigenvalue weighted by Crippen LogP contribution is 2.19. The molecule has 1 aliphatic heterocycles. The maximum atomic E-state index is 10.9. The van der Waals surface area contributed by atoms with Crippen molar-refractivity contribution < 1.29 is 9.90 Å². The monoisotopic (exact) mass is 261 g/mol. The maximum Gasteiger partial charge on any atom is 0.306 e. The highest BCUT2D eigenvalue weighted by Gasteiger charge is 2.24. The van der Waals surface area contributed by atoms with Crippen molar-refractivity contribution in [2.45, 2.75) is 39.2 Å². The summed E-state index contributed by atoms with van der Waals surface area (Å²) >= 11 is 0. The quantitative estimate of drug-likeness (QED) is 0.886. The van der Waals surface area contributed by atoms with Gasteiger partial charge in [-0.25, -0.2) is 0 Å². The Morgan fingerprint density at radius 1 is 1.32 bits per heavy atom. The van der Waals surface area contributed by atoms with E-state index in [1.165, 1.54) is 17.5 Å². The Morgan fingerprint density at radius 3 is 2.63 bits per heavy atom. The molecule has 1 aromatic carbocycles. The zero-order chi connectivity index (χ0) is 13.7. The van der Waals surface area contributed by atoms with E-state index in [2.05, 4.69) is 36.1 Å². The molecule has 1 aliphatic rings. The van der Waals surface area contributed by atoms with Gasteiger partial charge in [0.15, 0.2) is 0 Å². The minimum Gasteiger partial charge on any atom is -0.481 e. The van der Waals surface area contributed by atoms with Crippen LogP contribution in [0.5, 0.6) is 0 Å². The predicted molar refractivity (Wildman–Crippen MR) is 76.1 cm³/mol. The largest absolute Gasteiger partial charge is 0.481 e. The Labute approximate surface area is 115 Å². The van der Waals surface area contributed by atoms with Crippen LogP contribution in [0.3, 0.4) is 0 Å². The summed E-state index contributed by atoms with van der Waals surface area (Å²) < 4.78 is 0. The molecule has 1 saturated heterocycles. The van der Waals surface area contributed by atoms with Crippen molar-refractivity contribution in [1.82, 2.24) is 4.90 Å². The van der Waals surface area contributed by atoms with Crippen molar-refractivity contribution in [3.63, 3.8) is 0 Å². The first kappa shape index (κ1) is 14.1. The molecule has 2 rings (SSSR count). The van der Waals surface area contributed by atoms with E-state index in [9.17, 15) is 4.79 Å². The summed E-state index contributed by atoms with van der Waals surface area (Å²) in [5.41, 5.74) is 2.75. The average Bonchev–Trinajstić information content (AvgIpc) is 2.40. The normalized spacial score (nSPS) is 17.5. The number of carboxylic acids is 1. The van der Waals surface area contributed by atoms with Crippen molar-refractivity contribution in [1.29, 1.82) is 0 Å². The van der Waals surface area contributed by atoms with Gasteiger partial charge < -0.3 is 5.11 Å². The van der Waals surface area contributed by atoms with E-state index in [1.54, 1.807) is 0 Å². The molecule has 0 saturated carbocycles. The Bertz CT molecular complexity index is 423. The summed E-state index contributed by atoms with van der Waals surface area (Å²) in [6, 6.07) is 8.77. The summed E-state index contributed by atoms with van der Waals surface area (Å²) in [4.78, 5) is 13.3. The van der Waals surface area contributed by atoms with Crippen LogP contribution in [-0.2, 0) is 17.8 Å². The van der Waals surface area contributed by atoms with Gasteiger partial charge in [0.1, 0.15) is 0 Å². The second-order valence-electron chi connectivity index (χ2n) is 5.46. The Morgan fingerprint density at radius 2 is 2.00 bits per heavy atom. The van der Waals surface area contributed by atoms with Crippen molar-refractivity contribution >= 4 is 5.97 Å². The number of hydrogen-bond acceptors (Lipinski definition) is 2. The van der Waals surface area contributed by atoms with Gasteiger partial charge in [0.25, 0.3) is 0 Å². The van der Waals surface area contributed by atoms with Crippen molar-refractivity contribution in [3.05, 3.63) is 35.4 Å². The first-order valence-corrected chi connectivity index (χ1v) is 7.22. The fraction of sp³-hybridized carbons (Fsp3) is 0.562. The van der Waals surface area contributed by atoms with E-state index in [1.807, 2.05) is 0 Å². The minimum absolute atomic E-state index is 0.136. The number of hydrogen-bond donors (Lipinski definition) is 1. The number of piperidine rings is 1. The number of nitrogens with zero attached hydrogens (tertiary/aromatic N) is 1. The summed E-state index contributed by atoms with van der Waals surface area (Å²) in [6.07, 6.45) is 3.87. The molecular weight excluding hydrogens is 238 g/mol. The molecule has 1 aromatic rings. The second-order valence-corrected chi connectivity index (χ2v) is 5.46. The lowest BCUT2D eigenvalue weighted by Crippen LogP contribution is -2.35. The molecule has 1 N–H and O–H groups in total. The van der Waals surface area contributed by atoms with E-state index >= 15 is 0 Å². The molecule has 3 nitrogen and oxygen atoms in total. The number of aliphatic carboxylic acids is 1. The van der Waals surface area contributed by atoms with Crippen LogP contribution in [-0.4, -0.2) is 29.1 Å². The molecule has 0 atom stereocenters. The lowest BCUT2D eigenvalue weighted by molar-refractivity contribution is -0.143. The van der Waals surface area contributed by atoms with Crippen LogP contribution >= 0.6 is 0 Å². The summed E-state index contributed by atoms with van der Waals surface area (Å²) in [6.45, 7) is 4.94. The number of aryl methyl sites for hydroxylation is 1. The molecule has 3 heteroatoms. The number of carboxylic acid groups (broad SMARTS) is 1. The highest BCUT2D eigenvalue weighted by atomic mass is 16.4. The topological polar surface area (TPSA) is 40.5 Å². The summed E-state index contributed by atoms with van der Waals surface area (Å²) in [5.74, 6) is -0.771. The van der Waals surface area contributed by atoms with Gasteiger partial charge in [-0.3, -0.25) is 9.69 Å². The molecule has 0 unspecified atom stereocenters. The van der Waals surface area contributed by atoms with Crippen LogP contribution in [0.25, 0.3) is 0 Å². The van der Waals surface area contributed by atoms with Crippen molar-refractivity contribution in [2.24, 2.45) is 5.92 Å². The van der Waals surface area contributed by atoms with E-state index in [4.69, 9.17) is 5.11 Å². The third kappa shape index (κ3) is 4.06. The number of likely N-dealkylation sites (tertiary alicyclic amines) is 1. The van der Waals surface area contributed by atoms with E-state index in [0.29, 0.717) is 0 Å². The lowest BCUT2D eigenvalue weighted by atomic mass is 9.96. The molecule has 0 radical (unpaired) electrons. The average molecular weight is 261 g/mol. The highest BCUT2D eigenvalue weighted by molar-refractivity contribution is 5.70. The minimum atomic E-state index is -0.635. The van der Waals surface area contributed by atoms with Crippen molar-refractivity contribution in [3.8, 4) is 0 Å². The maximum absolute atomic E-state index is 10.9. The van der Waals surface area contributed by atoms with Gasteiger partial charge in [0.2, 0.25) is 0 Å². The third-order valence-corrected chi connectivity index (χ3v) is 3.87. The standard InChI is InChI=1S/C16H23NO2/c1-2-4-13-5-3-6-14(11-13)12-17-9-7-15(8-10-17)16(18)19/h3,5-6,11,15H,2,4,7-10,12H2,1H3,(H,18,19). The molecule has 0 aromatic heterocycles. The Hall–Kier alpha value is -1.35. The fourth-order valence-corrected chi connectivity index (χ4v) is 2.77. The van der Waals surface area contributed by atoms with Crippen LogP contribution in [0.4, 0.5) is 0 Å². The SMILES string of the molecule is CCCc1cccc(CN2CCC(C(=O)O)CC2)c1. The van der Waals surface area contributed by atoms with Gasteiger partial charge in [-0.05, 0) is 43.5 Å². The van der Waals surface area contributed by atoms with Gasteiger partial charge in [-0.1, -0.05) is 37.6 Å². The van der Waals surface area contributed by atoms with Crippen LogP contribution in [0, 0.1) is 5.92 Å². The first-order valence-electron chi connectivity index (χ1n) is 7.22. The summed E-state index contributed by atoms with van der Waals surface area (Å²) in [5, 5.41) is 8.99. The molecule has 104 valence electrons. The number of benzene rings is 1. The molecule has 19 heavy (non-hydrogen) atoms. The molecule has 0 amide bonds. The molecule has 1 heterocycles. The fourth-order valence-electron chi connectivity index (χ4n) is 2.77. The van der Waals surface area contributed by atoms with Crippen LogP contribution < -0.4 is 0 Å². The second kappa shape index (κ2) is 6.71. The summed E-state index contributed by atoms with van der Waals surface area (Å²) in [7, 11) is 0. The van der Waals surface area contributed by atoms with Gasteiger partial charge >= 0.3 is 5.97 Å². The van der Waals surface area contributed by atoms with E-state index < -0.39 is 5.97 Å². The van der Waals surface area contributed by atoms with E-state index in [-0.39, 0.29) is 5.92 Å². The Kier molecular flexibility index (Phi) is 4.97. The number of carbonyl (C=O) groups is 1. The van der Waals surface area contributed by atoms with E-state index in [0.717, 1.165) is 38.9 Å². The van der Waals surface area contributed by atoms with Crippen LogP contribution in [0.1, 0.15) is 37.3 Å². The molecule has 0 bridgehead atoms. The van der Waals surface area contributed by atoms with Gasteiger partial charge in [0, 0.05) is 6.54 Å². The van der Waals surface area contributed by atoms with Crippen molar-refractivity contribution in [2.75, 3.05) is 13.1 Å². The van der Waals surface area contributed by atoms with Gasteiger partial charge in [-0.2, -0.15) is 0 Å². The smallest absolute Gasteiger partial charge is 0.306 e. The lowest BCUT2D eigenvalue weighted by Gasteiger charge is -2.30. The zero-order valence-electron chi connectivity index (χ0n) is 11.6. The molecular formula is C16H23NO2. The zero-order valence-corrected chi connectivity index (χ0v) is 11.6. The first-order chi connectivity index (χ1) is 9.19.